The molecule has 16 nitrogen and oxygen atoms in total. The number of rotatable bonds is 14. The third kappa shape index (κ3) is 15.9. The maximum Gasteiger partial charge on any atom is 0.303 e. The summed E-state index contributed by atoms with van der Waals surface area (Å²) >= 11 is 5.76. The number of pyridine rings is 2. The van der Waals surface area contributed by atoms with Crippen LogP contribution >= 0.6 is 11.6 Å². The first-order valence-electron chi connectivity index (χ1n) is 19.9. The average Bonchev–Trinajstić information content (AvgIpc) is 3.29. The fourth-order valence-corrected chi connectivity index (χ4v) is 5.93. The van der Waals surface area contributed by atoms with Crippen LogP contribution in [0.4, 0.5) is 11.6 Å². The van der Waals surface area contributed by atoms with Crippen LogP contribution in [0.3, 0.4) is 0 Å². The van der Waals surface area contributed by atoms with E-state index in [2.05, 4.69) is 15.3 Å². The summed E-state index contributed by atoms with van der Waals surface area (Å²) in [5.74, 6) is 0.889. The molecule has 0 saturated heterocycles. The number of fused-ring (bicyclic) bond motifs is 2. The van der Waals surface area contributed by atoms with Gasteiger partial charge in [0.1, 0.15) is 16.8 Å². The van der Waals surface area contributed by atoms with E-state index >= 15 is 0 Å². The molecule has 2 aromatic heterocycles. The highest BCUT2D eigenvalue weighted by molar-refractivity contribution is 6.29. The Labute approximate surface area is 380 Å². The van der Waals surface area contributed by atoms with Crippen molar-refractivity contribution in [1.82, 2.24) is 14.9 Å². The van der Waals surface area contributed by atoms with E-state index in [1.165, 1.54) is 28.4 Å². The summed E-state index contributed by atoms with van der Waals surface area (Å²) in [7, 11) is 9.84. The molecule has 0 saturated carbocycles. The van der Waals surface area contributed by atoms with Crippen molar-refractivity contribution in [3.05, 3.63) is 140 Å². The van der Waals surface area contributed by atoms with E-state index in [0.717, 1.165) is 21.5 Å². The van der Waals surface area contributed by atoms with Gasteiger partial charge in [-0.25, -0.2) is 0 Å². The molecule has 1 amide bonds. The van der Waals surface area contributed by atoms with E-state index < -0.39 is 5.97 Å². The summed E-state index contributed by atoms with van der Waals surface area (Å²) in [5, 5.41) is 14.8. The van der Waals surface area contributed by atoms with Gasteiger partial charge in [-0.2, -0.15) is 0 Å². The molecule has 0 aliphatic heterocycles. The van der Waals surface area contributed by atoms with E-state index in [4.69, 9.17) is 41.4 Å². The lowest BCUT2D eigenvalue weighted by molar-refractivity contribution is -0.137. The molecule has 0 bridgehead atoms. The number of anilines is 2. The summed E-state index contributed by atoms with van der Waals surface area (Å²) in [6.07, 6.45) is -0.181. The van der Waals surface area contributed by atoms with E-state index in [1.807, 2.05) is 57.1 Å². The second-order valence-corrected chi connectivity index (χ2v) is 14.7. The van der Waals surface area contributed by atoms with Crippen molar-refractivity contribution in [3.8, 4) is 23.0 Å². The molecule has 344 valence electrons. The number of ketones is 2. The lowest BCUT2D eigenvalue weighted by atomic mass is 10.1. The van der Waals surface area contributed by atoms with Gasteiger partial charge in [0.15, 0.2) is 34.6 Å². The second-order valence-electron chi connectivity index (χ2n) is 14.4. The van der Waals surface area contributed by atoms with Gasteiger partial charge in [0.05, 0.1) is 34.9 Å². The molecule has 0 fully saturated rings. The second kappa shape index (κ2) is 25.5. The molecule has 4 aromatic carbocycles. The van der Waals surface area contributed by atoms with Crippen LogP contribution < -0.4 is 41.1 Å². The first kappa shape index (κ1) is 51.8. The Hall–Kier alpha value is -7.59. The first-order valence-corrected chi connectivity index (χ1v) is 20.3. The van der Waals surface area contributed by atoms with Gasteiger partial charge in [-0.1, -0.05) is 48.0 Å². The average molecular weight is 912 g/mol. The van der Waals surface area contributed by atoms with Crippen LogP contribution in [-0.4, -0.2) is 86.0 Å². The maximum absolute atomic E-state index is 12.4. The number of halogens is 1. The topological polar surface area (TPSA) is 232 Å². The van der Waals surface area contributed by atoms with Crippen LogP contribution in [0.15, 0.2) is 117 Å². The van der Waals surface area contributed by atoms with Gasteiger partial charge in [0.25, 0.3) is 11.1 Å². The Kier molecular flexibility index (Phi) is 20.3. The zero-order valence-corrected chi connectivity index (χ0v) is 38.3. The standard InChI is InChI=1S/C21H20N2O5.C12H14O5.C9H8N2O.C6H12ClN/c1-27-17-9-7-14(11-18(17)28-2)16(24)8-10-20(25)22-19-12-13-5-3-4-6-15(13)21(26)23-19;1-16-10-5-3-8(7-11(10)17-2)9(13)4-6-12(14)15;10-8-5-6-3-1-2-4-7(6)9(12)11-8;1-5(2)6(7)8(3)4/h3-7,9,11-12H,8,10H2,1-2H3,(H2,22,23,25,26);3,5,7H,4,6H2,1-2H3,(H,14,15);1-5H,(H3,10,11,12);1-4H3. The van der Waals surface area contributed by atoms with Crippen LogP contribution in [0.1, 0.15) is 60.2 Å². The number of aromatic nitrogens is 2. The Morgan fingerprint density at radius 1 is 0.631 bits per heavy atom. The van der Waals surface area contributed by atoms with Crippen molar-refractivity contribution in [2.75, 3.05) is 53.6 Å². The molecular weight excluding hydrogens is 858 g/mol. The molecule has 0 aliphatic rings. The number of aliphatic carboxylic acids is 1. The highest BCUT2D eigenvalue weighted by Crippen LogP contribution is 2.29. The summed E-state index contributed by atoms with van der Waals surface area (Å²) in [5.41, 5.74) is 7.06. The zero-order valence-electron chi connectivity index (χ0n) is 37.5. The van der Waals surface area contributed by atoms with E-state index in [0.29, 0.717) is 56.5 Å². The molecule has 0 atom stereocenters. The number of hydrogen-bond acceptors (Lipinski definition) is 12. The monoisotopic (exact) mass is 911 g/mol. The Bertz CT molecular complexity index is 2760. The number of nitrogen functional groups attached to an aromatic ring is 1. The highest BCUT2D eigenvalue weighted by atomic mass is 35.5. The highest BCUT2D eigenvalue weighted by Gasteiger charge is 2.14. The van der Waals surface area contributed by atoms with Crippen molar-refractivity contribution in [1.29, 1.82) is 0 Å². The molecule has 17 heteroatoms. The van der Waals surface area contributed by atoms with Crippen LogP contribution in [0.2, 0.25) is 0 Å². The molecule has 65 heavy (non-hydrogen) atoms. The van der Waals surface area contributed by atoms with Crippen molar-refractivity contribution in [2.45, 2.75) is 39.5 Å². The fourth-order valence-electron chi connectivity index (χ4n) is 5.93. The summed E-state index contributed by atoms with van der Waals surface area (Å²) in [6.45, 7) is 3.98. The van der Waals surface area contributed by atoms with Gasteiger partial charge in [-0.05, 0) is 90.9 Å². The first-order chi connectivity index (χ1) is 30.9. The van der Waals surface area contributed by atoms with Crippen molar-refractivity contribution >= 4 is 68.2 Å². The number of carboxylic acids is 1. The smallest absolute Gasteiger partial charge is 0.303 e. The number of aromatic amines is 2. The van der Waals surface area contributed by atoms with Crippen molar-refractivity contribution in [2.24, 2.45) is 0 Å². The minimum Gasteiger partial charge on any atom is -0.493 e. The van der Waals surface area contributed by atoms with Gasteiger partial charge in [-0.3, -0.25) is 28.8 Å². The number of Topliss-reactive ketones (excluding diaryl/α,β-unsaturated/α-hetero) is 2. The molecule has 2 heterocycles. The van der Waals surface area contributed by atoms with Gasteiger partial charge in [0.2, 0.25) is 5.91 Å². The van der Waals surface area contributed by atoms with Crippen LogP contribution in [0.5, 0.6) is 23.0 Å². The number of H-pyrrole nitrogens is 2. The number of carboxylic acid groups (broad SMARTS) is 1. The van der Waals surface area contributed by atoms with Crippen molar-refractivity contribution in [3.63, 3.8) is 0 Å². The number of carbonyl (C=O) groups is 4. The molecule has 0 spiro atoms. The number of methoxy groups -OCH3 is 4. The molecule has 6 rings (SSSR count). The van der Waals surface area contributed by atoms with Gasteiger partial charge < -0.3 is 50.0 Å². The number of nitrogens with two attached hydrogens (primary N) is 1. The molecule has 6 N–H and O–H groups in total. The van der Waals surface area contributed by atoms with Gasteiger partial charge >= 0.3 is 5.97 Å². The fraction of sp³-hybridized carbons (Fsp3) is 0.250. The number of nitrogens with zero attached hydrogens (tertiary/aromatic N) is 1. The van der Waals surface area contributed by atoms with Gasteiger partial charge in [0, 0.05) is 55.3 Å². The number of nitrogens with one attached hydrogen (secondary N) is 3. The van der Waals surface area contributed by atoms with Crippen LogP contribution in [-0.2, 0) is 9.59 Å². The third-order valence-electron chi connectivity index (χ3n) is 9.16. The van der Waals surface area contributed by atoms with Crippen molar-refractivity contribution < 1.29 is 43.2 Å². The number of carbonyl (C=O) groups excluding carboxylic acids is 3. The normalized spacial score (nSPS) is 10.0. The Morgan fingerprint density at radius 2 is 1.08 bits per heavy atom. The summed E-state index contributed by atoms with van der Waals surface area (Å²) < 4.78 is 20.4. The Morgan fingerprint density at radius 3 is 1.51 bits per heavy atom. The number of benzene rings is 4. The SMILES string of the molecule is CC(C)=C(Cl)N(C)C.COc1ccc(C(=O)CCC(=O)Nc2cc3ccccc3c(=O)[nH]2)cc1OC.COc1ccc(C(=O)CCC(=O)O)cc1OC.Nc1cc2ccccc2c(=O)[nH]1. The molecule has 0 unspecified atom stereocenters. The van der Waals surface area contributed by atoms with Crippen LogP contribution in [0, 0.1) is 0 Å². The number of allylic oxidation sites excluding steroid dienone is 1. The number of ether oxygens (including phenoxy) is 4. The van der Waals surface area contributed by atoms with Crippen LogP contribution in [0.25, 0.3) is 21.5 Å². The molecular formula is C48H54ClN5O11. The molecule has 0 radical (unpaired) electrons. The van der Waals surface area contributed by atoms with E-state index in [-0.39, 0.29) is 54.3 Å². The zero-order chi connectivity index (χ0) is 48.2. The molecule has 6 aromatic rings. The Balaban J connectivity index is 0.000000257. The predicted molar refractivity (Wildman–Crippen MR) is 254 cm³/mol. The lowest BCUT2D eigenvalue weighted by Gasteiger charge is -2.11. The van der Waals surface area contributed by atoms with E-state index in [1.54, 1.807) is 72.8 Å². The molecule has 0 aliphatic carbocycles. The predicted octanol–water partition coefficient (Wildman–Crippen LogP) is 8.05. The number of hydrogen-bond donors (Lipinski definition) is 5. The quantitative estimate of drug-likeness (QED) is 0.0515. The summed E-state index contributed by atoms with van der Waals surface area (Å²) in [6, 6.07) is 27.5. The minimum atomic E-state index is -0.987. The van der Waals surface area contributed by atoms with E-state index in [9.17, 15) is 28.8 Å². The number of amides is 1. The largest absolute Gasteiger partial charge is 0.493 e. The third-order valence-corrected chi connectivity index (χ3v) is 9.88. The maximum atomic E-state index is 12.4. The van der Waals surface area contributed by atoms with Gasteiger partial charge in [-0.15, -0.1) is 0 Å². The minimum absolute atomic E-state index is 0.0119. The summed E-state index contributed by atoms with van der Waals surface area (Å²) in [4.78, 5) is 76.9. The lowest BCUT2D eigenvalue weighted by Crippen LogP contribution is -2.17.